The number of nitrogens with zero attached hydrogens (tertiary/aromatic N) is 7. The molecule has 0 aliphatic carbocycles. The highest BCUT2D eigenvalue weighted by atomic mass is 19.1. The maximum atomic E-state index is 14.4. The minimum absolute atomic E-state index is 0.0727. The fourth-order valence-corrected chi connectivity index (χ4v) is 6.86. The second-order valence-electron chi connectivity index (χ2n) is 14.4. The van der Waals surface area contributed by atoms with E-state index >= 15 is 0 Å². The number of carbonyl (C=O) groups is 3. The summed E-state index contributed by atoms with van der Waals surface area (Å²) in [4.78, 5) is 45.7. The Labute approximate surface area is 299 Å². The number of aliphatic carboxylic acids is 2. The van der Waals surface area contributed by atoms with E-state index in [4.69, 9.17) is 14.9 Å². The first-order valence-electron chi connectivity index (χ1n) is 17.4. The van der Waals surface area contributed by atoms with Crippen molar-refractivity contribution in [2.45, 2.75) is 85.5 Å². The van der Waals surface area contributed by atoms with E-state index in [1.807, 2.05) is 34.7 Å². The van der Waals surface area contributed by atoms with Gasteiger partial charge in [0.1, 0.15) is 17.9 Å². The van der Waals surface area contributed by atoms with Crippen molar-refractivity contribution in [2.24, 2.45) is 11.3 Å². The molecule has 2 atom stereocenters. The predicted molar refractivity (Wildman–Crippen MR) is 190 cm³/mol. The first kappa shape index (κ1) is 41.2. The van der Waals surface area contributed by atoms with Crippen LogP contribution >= 0.6 is 0 Å². The molecule has 0 saturated carbocycles. The molecular weight excluding hydrogens is 661 g/mol. The van der Waals surface area contributed by atoms with E-state index in [1.54, 1.807) is 4.90 Å². The molecule has 3 N–H and O–H groups in total. The van der Waals surface area contributed by atoms with Gasteiger partial charge in [-0.05, 0) is 78.2 Å². The maximum Gasteiger partial charge on any atom is 0.328 e. The third-order valence-corrected chi connectivity index (χ3v) is 9.30. The van der Waals surface area contributed by atoms with Crippen LogP contribution < -0.4 is 9.64 Å². The molecule has 2 saturated heterocycles. The zero-order valence-corrected chi connectivity index (χ0v) is 31.0. The highest BCUT2D eigenvalue weighted by Gasteiger charge is 2.50. The third-order valence-electron chi connectivity index (χ3n) is 9.30. The van der Waals surface area contributed by atoms with Gasteiger partial charge in [-0.15, -0.1) is 10.2 Å². The van der Waals surface area contributed by atoms with Crippen LogP contribution in [0.2, 0.25) is 0 Å². The number of halogens is 1. The van der Waals surface area contributed by atoms with E-state index in [-0.39, 0.29) is 46.7 Å². The Morgan fingerprint density at radius 1 is 1.04 bits per heavy atom. The van der Waals surface area contributed by atoms with Crippen LogP contribution in [0.15, 0.2) is 36.7 Å². The van der Waals surface area contributed by atoms with Gasteiger partial charge < -0.3 is 34.8 Å². The van der Waals surface area contributed by atoms with Crippen LogP contribution in [0.3, 0.4) is 0 Å². The molecule has 282 valence electrons. The van der Waals surface area contributed by atoms with Gasteiger partial charge in [-0.25, -0.2) is 19.0 Å². The van der Waals surface area contributed by atoms with Gasteiger partial charge in [0.2, 0.25) is 0 Å². The molecule has 15 heteroatoms. The van der Waals surface area contributed by atoms with Crippen LogP contribution in [-0.4, -0.2) is 134 Å². The van der Waals surface area contributed by atoms with Crippen molar-refractivity contribution in [3.05, 3.63) is 48.1 Å². The van der Waals surface area contributed by atoms with Gasteiger partial charge in [0, 0.05) is 68.4 Å². The molecular formula is C36H54FN7O7. The Morgan fingerprint density at radius 2 is 1.67 bits per heavy atom. The van der Waals surface area contributed by atoms with E-state index in [0.29, 0.717) is 36.5 Å². The molecule has 1 aromatic heterocycles. The number of carboxylic acid groups (broad SMARTS) is 2. The van der Waals surface area contributed by atoms with Crippen molar-refractivity contribution in [1.82, 2.24) is 29.9 Å². The lowest BCUT2D eigenvalue weighted by Gasteiger charge is -2.53. The minimum atomic E-state index is -1.26. The summed E-state index contributed by atoms with van der Waals surface area (Å²) in [5.74, 6) is -1.91. The summed E-state index contributed by atoms with van der Waals surface area (Å²) in [6.07, 6.45) is 3.94. The number of aliphatic hydroxyl groups excluding tert-OH is 1. The quantitative estimate of drug-likeness (QED) is 0.226. The van der Waals surface area contributed by atoms with E-state index in [2.05, 4.69) is 50.7 Å². The number of aromatic nitrogens is 3. The van der Waals surface area contributed by atoms with Crippen LogP contribution in [0.4, 0.5) is 10.2 Å². The smallest absolute Gasteiger partial charge is 0.328 e. The molecule has 0 radical (unpaired) electrons. The lowest BCUT2D eigenvalue weighted by molar-refractivity contribution is -0.134. The number of hydrogen-bond donors (Lipinski definition) is 3. The van der Waals surface area contributed by atoms with Crippen molar-refractivity contribution in [1.29, 1.82) is 0 Å². The molecule has 1 spiro atoms. The average molecular weight is 716 g/mol. The molecule has 3 heterocycles. The van der Waals surface area contributed by atoms with E-state index < -0.39 is 17.8 Å². The zero-order chi connectivity index (χ0) is 38.0. The summed E-state index contributed by atoms with van der Waals surface area (Å²) in [6, 6.07) is 4.14. The van der Waals surface area contributed by atoms with Crippen molar-refractivity contribution in [2.75, 3.05) is 51.2 Å². The van der Waals surface area contributed by atoms with Crippen LogP contribution in [0, 0.1) is 17.2 Å². The van der Waals surface area contributed by atoms with Crippen LogP contribution in [0.5, 0.6) is 11.6 Å². The van der Waals surface area contributed by atoms with Gasteiger partial charge in [0.05, 0.1) is 11.7 Å². The highest BCUT2D eigenvalue weighted by molar-refractivity contribution is 5.97. The number of likely N-dealkylation sites (tertiary alicyclic amines) is 1. The normalized spacial score (nSPS) is 16.8. The van der Waals surface area contributed by atoms with Crippen molar-refractivity contribution >= 4 is 23.7 Å². The van der Waals surface area contributed by atoms with Crippen molar-refractivity contribution in [3.63, 3.8) is 0 Å². The van der Waals surface area contributed by atoms with Gasteiger partial charge in [0.15, 0.2) is 5.82 Å². The summed E-state index contributed by atoms with van der Waals surface area (Å²) in [5, 5.41) is 34.6. The van der Waals surface area contributed by atoms with Gasteiger partial charge >= 0.3 is 11.9 Å². The Balaban J connectivity index is 0.000000783. The molecule has 1 amide bonds. The zero-order valence-electron chi connectivity index (χ0n) is 31.0. The molecule has 0 unspecified atom stereocenters. The number of hydrogen-bond acceptors (Lipinski definition) is 11. The molecule has 0 bridgehead atoms. The number of carbonyl (C=O) groups excluding carboxylic acids is 1. The summed E-state index contributed by atoms with van der Waals surface area (Å²) in [6.45, 7) is 19.4. The van der Waals surface area contributed by atoms with E-state index in [1.165, 1.54) is 24.5 Å². The Hall–Kier alpha value is -4.21. The Bertz CT molecular complexity index is 1490. The minimum Gasteiger partial charge on any atom is -0.478 e. The Morgan fingerprint density at radius 3 is 2.22 bits per heavy atom. The van der Waals surface area contributed by atoms with Crippen molar-refractivity contribution in [3.8, 4) is 11.6 Å². The number of aliphatic hydroxyl groups is 1. The SMILES string of the molecule is CCN(C)C[C@@H](O)C[C@@H](C(C)C)N1CC2(CCN(c3ncnnc3Oc3ccc(F)cc3C(=O)N(C(C)C)C(C)C)C2)C1.O=C(O)/C=C/C(=O)O. The van der Waals surface area contributed by atoms with Crippen LogP contribution in [0.25, 0.3) is 0 Å². The molecule has 4 rings (SSSR count). The second-order valence-corrected chi connectivity index (χ2v) is 14.4. The molecule has 51 heavy (non-hydrogen) atoms. The van der Waals surface area contributed by atoms with Crippen LogP contribution in [-0.2, 0) is 9.59 Å². The van der Waals surface area contributed by atoms with Gasteiger partial charge in [-0.3, -0.25) is 9.69 Å². The summed E-state index contributed by atoms with van der Waals surface area (Å²) < 4.78 is 20.6. The van der Waals surface area contributed by atoms with Crippen molar-refractivity contribution < 1.29 is 38.8 Å². The average Bonchev–Trinajstić information content (AvgIpc) is 3.48. The summed E-state index contributed by atoms with van der Waals surface area (Å²) in [7, 11) is 2.04. The van der Waals surface area contributed by atoms with Crippen LogP contribution in [0.1, 0.15) is 71.7 Å². The maximum absolute atomic E-state index is 14.4. The first-order chi connectivity index (χ1) is 24.0. The molecule has 14 nitrogen and oxygen atoms in total. The standard InChI is InChI=1S/C32H50FN7O3.C4H4O4/c1-9-37(8)16-25(41)15-27(21(2)3)39-18-32(19-39)12-13-38(17-32)29-30(36-35-20-34-29)43-28-11-10-24(33)14-26(28)31(42)40(22(4)5)23(6)7;5-3(6)1-2-4(7)8/h10-11,14,20-23,25,27,41H,9,12-13,15-19H2,1-8H3;1-2H,(H,5,6)(H,7,8)/b;2-1+/t25-,27-;/m0./s1. The number of amides is 1. The summed E-state index contributed by atoms with van der Waals surface area (Å²) >= 11 is 0. The molecule has 2 aliphatic rings. The molecule has 1 aromatic carbocycles. The number of rotatable bonds is 15. The molecule has 2 aromatic rings. The summed E-state index contributed by atoms with van der Waals surface area (Å²) in [5.41, 5.74) is 0.269. The number of anilines is 1. The second kappa shape index (κ2) is 18.3. The predicted octanol–water partition coefficient (Wildman–Crippen LogP) is 4.01. The van der Waals surface area contributed by atoms with Gasteiger partial charge in [-0.2, -0.15) is 0 Å². The van der Waals surface area contributed by atoms with Gasteiger partial charge in [-0.1, -0.05) is 20.8 Å². The lowest BCUT2D eigenvalue weighted by atomic mass is 9.76. The topological polar surface area (TPSA) is 173 Å². The third kappa shape index (κ3) is 11.4. The molecule has 2 aliphatic heterocycles. The fourth-order valence-electron chi connectivity index (χ4n) is 6.86. The molecule has 2 fully saturated rings. The van der Waals surface area contributed by atoms with E-state index in [9.17, 15) is 23.9 Å². The number of benzene rings is 1. The number of ether oxygens (including phenoxy) is 1. The monoisotopic (exact) mass is 715 g/mol. The number of likely N-dealkylation sites (N-methyl/N-ethyl adjacent to an activating group) is 1. The largest absolute Gasteiger partial charge is 0.478 e. The van der Waals surface area contributed by atoms with E-state index in [0.717, 1.165) is 45.6 Å². The fraction of sp³-hybridized carbons (Fsp3) is 0.611. The lowest BCUT2D eigenvalue weighted by Crippen LogP contribution is -2.62. The number of carboxylic acids is 2. The first-order valence-corrected chi connectivity index (χ1v) is 17.4. The van der Waals surface area contributed by atoms with Gasteiger partial charge in [0.25, 0.3) is 11.8 Å². The Kier molecular flexibility index (Phi) is 14.8. The highest BCUT2D eigenvalue weighted by Crippen LogP contribution is 2.44.